The van der Waals surface area contributed by atoms with E-state index in [1.807, 2.05) is 0 Å². The first-order valence-corrected chi connectivity index (χ1v) is 2.35. The van der Waals surface area contributed by atoms with Crippen LogP contribution < -0.4 is 5.73 Å². The van der Waals surface area contributed by atoms with Gasteiger partial charge in [0.2, 0.25) is 0 Å². The van der Waals surface area contributed by atoms with Crippen molar-refractivity contribution in [2.24, 2.45) is 5.73 Å². The molecule has 2 N–H and O–H groups in total. The monoisotopic (exact) mass is 113 g/mol. The lowest BCUT2D eigenvalue weighted by Gasteiger charge is -1.99. The van der Waals surface area contributed by atoms with Crippen LogP contribution >= 0.6 is 0 Å². The Morgan fingerprint density at radius 2 is 2.25 bits per heavy atom. The van der Waals surface area contributed by atoms with Crippen LogP contribution in [0.15, 0.2) is 24.1 Å². The summed E-state index contributed by atoms with van der Waals surface area (Å²) in [5, 5.41) is 0. The molecule has 8 heavy (non-hydrogen) atoms. The zero-order valence-electron chi connectivity index (χ0n) is 5.27. The van der Waals surface area contributed by atoms with Gasteiger partial charge in [-0.15, -0.1) is 0 Å². The normalized spacial score (nSPS) is 12.2. The second kappa shape index (κ2) is 3.13. The summed E-state index contributed by atoms with van der Waals surface area (Å²) in [6.07, 6.45) is 1.58. The Morgan fingerprint density at radius 3 is 2.25 bits per heavy atom. The molecular weight excluding hydrogens is 102 g/mol. The number of ether oxygens (including phenoxy) is 1. The highest BCUT2D eigenvalue weighted by molar-refractivity contribution is 5.13. The Morgan fingerprint density at radius 1 is 1.75 bits per heavy atom. The van der Waals surface area contributed by atoms with Gasteiger partial charge in [0, 0.05) is 5.70 Å². The Hall–Kier alpha value is -0.920. The van der Waals surface area contributed by atoms with Crippen molar-refractivity contribution in [1.29, 1.82) is 0 Å². The number of nitrogens with two attached hydrogens (primary N) is 1. The minimum absolute atomic E-state index is 0.644. The molecule has 0 radical (unpaired) electrons. The average molecular weight is 113 g/mol. The zero-order chi connectivity index (χ0) is 6.57. The van der Waals surface area contributed by atoms with E-state index in [1.54, 1.807) is 20.1 Å². The molecule has 0 unspecified atom stereocenters. The van der Waals surface area contributed by atoms with Gasteiger partial charge in [-0.1, -0.05) is 6.58 Å². The van der Waals surface area contributed by atoms with Gasteiger partial charge in [0.15, 0.2) is 0 Å². The van der Waals surface area contributed by atoms with Crippen molar-refractivity contribution in [2.75, 3.05) is 7.11 Å². The van der Waals surface area contributed by atoms with Crippen LogP contribution in [0.5, 0.6) is 0 Å². The molecule has 0 heterocycles. The van der Waals surface area contributed by atoms with Crippen molar-refractivity contribution in [3.63, 3.8) is 0 Å². The number of allylic oxidation sites excluding steroid dienone is 2. The van der Waals surface area contributed by atoms with Crippen molar-refractivity contribution < 1.29 is 4.74 Å². The Labute approximate surface area is 49.6 Å². The average Bonchev–Trinajstić information content (AvgIpc) is 1.69. The van der Waals surface area contributed by atoms with Crippen molar-refractivity contribution in [2.45, 2.75) is 6.92 Å². The second-order valence-corrected chi connectivity index (χ2v) is 1.46. The molecule has 2 heteroatoms. The molecule has 0 aromatic heterocycles. The number of hydrogen-bond acceptors (Lipinski definition) is 2. The third-order valence-corrected chi connectivity index (χ3v) is 0.794. The van der Waals surface area contributed by atoms with Crippen molar-refractivity contribution in [3.05, 3.63) is 24.1 Å². The molecule has 2 nitrogen and oxygen atoms in total. The van der Waals surface area contributed by atoms with Crippen LogP contribution in [0.1, 0.15) is 6.92 Å². The summed E-state index contributed by atoms with van der Waals surface area (Å²) in [4.78, 5) is 0. The molecule has 0 rings (SSSR count). The second-order valence-electron chi connectivity index (χ2n) is 1.46. The fourth-order valence-electron chi connectivity index (χ4n) is 0.405. The molecule has 0 bridgehead atoms. The summed E-state index contributed by atoms with van der Waals surface area (Å²) in [5.74, 6) is 0.644. The summed E-state index contributed by atoms with van der Waals surface area (Å²) in [5.41, 5.74) is 6.00. The smallest absolute Gasteiger partial charge is 0.136 e. The molecule has 0 aliphatic heterocycles. The minimum atomic E-state index is 0.644. The number of rotatable bonds is 2. The van der Waals surface area contributed by atoms with Crippen molar-refractivity contribution >= 4 is 0 Å². The van der Waals surface area contributed by atoms with Crippen LogP contribution in [0.25, 0.3) is 0 Å². The largest absolute Gasteiger partial charge is 0.495 e. The first-order valence-electron chi connectivity index (χ1n) is 2.35. The Bertz CT molecular complexity index is 112. The quantitative estimate of drug-likeness (QED) is 0.428. The van der Waals surface area contributed by atoms with E-state index in [0.717, 1.165) is 0 Å². The van der Waals surface area contributed by atoms with E-state index >= 15 is 0 Å². The Kier molecular flexibility index (Phi) is 2.77. The van der Waals surface area contributed by atoms with Gasteiger partial charge in [-0.2, -0.15) is 0 Å². The van der Waals surface area contributed by atoms with Crippen molar-refractivity contribution in [1.82, 2.24) is 0 Å². The van der Waals surface area contributed by atoms with Crippen LogP contribution in [-0.4, -0.2) is 7.11 Å². The van der Waals surface area contributed by atoms with E-state index in [1.165, 1.54) is 0 Å². The molecule has 0 amide bonds. The maximum Gasteiger partial charge on any atom is 0.136 e. The topological polar surface area (TPSA) is 35.2 Å². The van der Waals surface area contributed by atoms with E-state index in [-0.39, 0.29) is 0 Å². The lowest BCUT2D eigenvalue weighted by atomic mass is 10.4. The van der Waals surface area contributed by atoms with Crippen molar-refractivity contribution in [3.8, 4) is 0 Å². The maximum atomic E-state index is 5.34. The highest BCUT2D eigenvalue weighted by Crippen LogP contribution is 1.97. The van der Waals surface area contributed by atoms with E-state index in [2.05, 4.69) is 6.58 Å². The van der Waals surface area contributed by atoms with Crippen LogP contribution in [0.4, 0.5) is 0 Å². The van der Waals surface area contributed by atoms with E-state index in [0.29, 0.717) is 11.5 Å². The van der Waals surface area contributed by atoms with E-state index < -0.39 is 0 Å². The van der Waals surface area contributed by atoms with Gasteiger partial charge in [-0.05, 0) is 13.0 Å². The van der Waals surface area contributed by atoms with Crippen LogP contribution in [0.3, 0.4) is 0 Å². The molecule has 46 valence electrons. The van der Waals surface area contributed by atoms with Gasteiger partial charge in [-0.3, -0.25) is 0 Å². The van der Waals surface area contributed by atoms with E-state index in [4.69, 9.17) is 10.5 Å². The van der Waals surface area contributed by atoms with Crippen LogP contribution in [0.2, 0.25) is 0 Å². The zero-order valence-corrected chi connectivity index (χ0v) is 5.27. The number of methoxy groups -OCH3 is 1. The van der Waals surface area contributed by atoms with E-state index in [9.17, 15) is 0 Å². The van der Waals surface area contributed by atoms with Crippen LogP contribution in [0, 0.1) is 0 Å². The van der Waals surface area contributed by atoms with Gasteiger partial charge < -0.3 is 10.5 Å². The van der Waals surface area contributed by atoms with Crippen LogP contribution in [-0.2, 0) is 4.74 Å². The molecule has 0 fully saturated rings. The SMILES string of the molecule is C=C/C(OC)=C(\C)N. The van der Waals surface area contributed by atoms with Gasteiger partial charge >= 0.3 is 0 Å². The molecule has 0 aliphatic rings. The molecule has 0 saturated heterocycles. The molecule has 0 saturated carbocycles. The lowest BCUT2D eigenvalue weighted by molar-refractivity contribution is 0.302. The highest BCUT2D eigenvalue weighted by Gasteiger charge is 1.88. The molecule has 0 atom stereocenters. The van der Waals surface area contributed by atoms with Gasteiger partial charge in [-0.25, -0.2) is 0 Å². The summed E-state index contributed by atoms with van der Waals surface area (Å²) >= 11 is 0. The van der Waals surface area contributed by atoms with Gasteiger partial charge in [0.05, 0.1) is 7.11 Å². The fraction of sp³-hybridized carbons (Fsp3) is 0.333. The third-order valence-electron chi connectivity index (χ3n) is 0.794. The maximum absolute atomic E-state index is 5.34. The summed E-state index contributed by atoms with van der Waals surface area (Å²) in [6, 6.07) is 0. The summed E-state index contributed by atoms with van der Waals surface area (Å²) < 4.78 is 4.80. The molecule has 0 spiro atoms. The molecule has 0 aliphatic carbocycles. The predicted molar refractivity (Wildman–Crippen MR) is 34.1 cm³/mol. The summed E-state index contributed by atoms with van der Waals surface area (Å²) in [7, 11) is 1.56. The van der Waals surface area contributed by atoms with Gasteiger partial charge in [0.25, 0.3) is 0 Å². The van der Waals surface area contributed by atoms with Gasteiger partial charge in [0.1, 0.15) is 5.76 Å². The number of hydrogen-bond donors (Lipinski definition) is 1. The molecule has 0 aromatic carbocycles. The Balaban J connectivity index is 4.07. The summed E-state index contributed by atoms with van der Waals surface area (Å²) in [6.45, 7) is 5.25. The molecular formula is C6H11NO. The molecule has 0 aromatic rings. The fourth-order valence-corrected chi connectivity index (χ4v) is 0.405. The minimum Gasteiger partial charge on any atom is -0.495 e. The highest BCUT2D eigenvalue weighted by atomic mass is 16.5. The first-order chi connectivity index (χ1) is 3.72. The predicted octanol–water partition coefficient (Wildman–Crippen LogP) is 1.01. The lowest BCUT2D eigenvalue weighted by Crippen LogP contribution is -1.97. The third kappa shape index (κ3) is 1.69. The standard InChI is InChI=1S/C6H11NO/c1-4-6(8-3)5(2)7/h4H,1,7H2,2-3H3/b6-5-. The first kappa shape index (κ1) is 7.08.